The number of thiophene rings is 4. The maximum atomic E-state index is 2.45. The van der Waals surface area contributed by atoms with Crippen molar-refractivity contribution in [3.8, 4) is 112 Å². The second-order valence-corrected chi connectivity index (χ2v) is 43.0. The van der Waals surface area contributed by atoms with Crippen LogP contribution in [0.5, 0.6) is 0 Å². The highest BCUT2D eigenvalue weighted by atomic mass is 32.1. The molecule has 4 aliphatic carbocycles. The Bertz CT molecular complexity index is 10600. The van der Waals surface area contributed by atoms with Gasteiger partial charge in [0.15, 0.2) is 0 Å². The molecule has 0 amide bonds. The van der Waals surface area contributed by atoms with E-state index in [2.05, 4.69) is 479 Å². The van der Waals surface area contributed by atoms with Crippen molar-refractivity contribution in [2.75, 3.05) is 0 Å². The summed E-state index contributed by atoms with van der Waals surface area (Å²) < 4.78 is 20.8. The van der Waals surface area contributed by atoms with Crippen molar-refractivity contribution in [1.82, 2.24) is 18.3 Å². The van der Waals surface area contributed by atoms with Crippen LogP contribution in [0.2, 0.25) is 0 Å². The van der Waals surface area contributed by atoms with Gasteiger partial charge in [-0.25, -0.2) is 0 Å². The SMILES string of the molecule is c1ccc2c(c1)sc1c3c(ccc12)-c1ccc(-n2c4ccccc4c4ccccc42)c2cccc-3c12.c1ccc2c(c1)sc1c3c(ccc12)-c1cccc2c(-n4c5ccccc5c5ccccc54)ccc-3c12.c1ccc2c(c1)sc1ccc3c(c12)-c1ccc(-n2c4ccccc4c4ccccc42)c2cccc-3c12.c1ccc2c(c1)sc1ccc3c(c12)-c1cccc2c(-n4c5ccccc5c5ccccc54)ccc-3c12. The number of hydrogen-bond donors (Lipinski definition) is 0. The maximum absolute atomic E-state index is 2.45. The van der Waals surface area contributed by atoms with Crippen molar-refractivity contribution in [2.24, 2.45) is 0 Å². The van der Waals surface area contributed by atoms with Crippen LogP contribution in [0.15, 0.2) is 461 Å². The third-order valence-electron chi connectivity index (χ3n) is 31.8. The zero-order chi connectivity index (χ0) is 93.5. The molecule has 8 heteroatoms. The fourth-order valence-electron chi connectivity index (χ4n) is 26.0. The van der Waals surface area contributed by atoms with E-state index in [4.69, 9.17) is 0 Å². The molecular formula is C136H76N4S4. The van der Waals surface area contributed by atoms with Crippen LogP contribution in [0.1, 0.15) is 0 Å². The Balaban J connectivity index is 0.0000000844. The summed E-state index contributed by atoms with van der Waals surface area (Å²) in [5, 5.41) is 32.1. The van der Waals surface area contributed by atoms with Crippen molar-refractivity contribution in [2.45, 2.75) is 0 Å². The molecule has 0 saturated heterocycles. The molecule has 0 aliphatic heterocycles. The van der Waals surface area contributed by atoms with E-state index in [0.717, 1.165) is 0 Å². The van der Waals surface area contributed by atoms with Crippen LogP contribution in [-0.2, 0) is 0 Å². The van der Waals surface area contributed by atoms with Gasteiger partial charge in [0.25, 0.3) is 0 Å². The van der Waals surface area contributed by atoms with E-state index in [0.29, 0.717) is 0 Å². The Hall–Kier alpha value is -17.6. The molecule has 8 heterocycles. The van der Waals surface area contributed by atoms with Crippen LogP contribution < -0.4 is 0 Å². The van der Waals surface area contributed by atoms with Gasteiger partial charge in [-0.3, -0.25) is 0 Å². The zero-order valence-electron chi connectivity index (χ0n) is 77.3. The fourth-order valence-corrected chi connectivity index (χ4v) is 30.8. The van der Waals surface area contributed by atoms with Crippen LogP contribution in [0.25, 0.3) is 323 Å². The maximum Gasteiger partial charge on any atom is 0.0541 e. The number of fused-ring (bicyclic) bond motifs is 40. The third-order valence-corrected chi connectivity index (χ3v) is 36.5. The summed E-state index contributed by atoms with van der Waals surface area (Å²) in [5.41, 5.74) is 36.8. The van der Waals surface area contributed by atoms with Gasteiger partial charge in [0.05, 0.1) is 66.9 Å². The Kier molecular flexibility index (Phi) is 16.5. The number of rotatable bonds is 4. The van der Waals surface area contributed by atoms with Crippen molar-refractivity contribution in [3.05, 3.63) is 461 Å². The summed E-state index contributed by atoms with van der Waals surface area (Å²) in [4.78, 5) is 0. The molecule has 664 valence electrons. The van der Waals surface area contributed by atoms with E-state index >= 15 is 0 Å². The second kappa shape index (κ2) is 30.0. The summed E-state index contributed by atoms with van der Waals surface area (Å²) in [5.74, 6) is 0. The number of aromatic nitrogens is 4. The average Bonchev–Trinajstić information content (AvgIpc) is 1.55. The molecule has 0 radical (unpaired) electrons. The van der Waals surface area contributed by atoms with E-state index in [1.165, 1.54) is 323 Å². The minimum absolute atomic E-state index is 1.24. The van der Waals surface area contributed by atoms with Crippen LogP contribution in [0.4, 0.5) is 0 Å². The minimum Gasteiger partial charge on any atom is -0.309 e. The summed E-state index contributed by atoms with van der Waals surface area (Å²) in [6.45, 7) is 0. The first kappa shape index (κ1) is 79.2. The molecule has 0 spiro atoms. The Morgan fingerprint density at radius 2 is 0.319 bits per heavy atom. The van der Waals surface area contributed by atoms with E-state index in [9.17, 15) is 0 Å². The first-order valence-corrected chi connectivity index (χ1v) is 52.8. The van der Waals surface area contributed by atoms with Gasteiger partial charge in [-0.2, -0.15) is 0 Å². The first-order valence-electron chi connectivity index (χ1n) is 49.5. The molecule has 144 heavy (non-hydrogen) atoms. The highest BCUT2D eigenvalue weighted by molar-refractivity contribution is 7.27. The molecule has 0 saturated carbocycles. The average molecular weight is 1890 g/mol. The summed E-state index contributed by atoms with van der Waals surface area (Å²) in [7, 11) is 0. The molecule has 4 aliphatic rings. The van der Waals surface area contributed by atoms with Crippen molar-refractivity contribution < 1.29 is 0 Å². The summed E-state index contributed by atoms with van der Waals surface area (Å²) >= 11 is 7.64. The van der Waals surface area contributed by atoms with Crippen molar-refractivity contribution >= 4 is 256 Å². The molecule has 0 bridgehead atoms. The first-order chi connectivity index (χ1) is 71.5. The minimum atomic E-state index is 1.24. The third kappa shape index (κ3) is 10.8. The van der Waals surface area contributed by atoms with Gasteiger partial charge in [0.1, 0.15) is 0 Å². The van der Waals surface area contributed by atoms with Gasteiger partial charge in [-0.05, 0) is 209 Å². The van der Waals surface area contributed by atoms with Gasteiger partial charge >= 0.3 is 0 Å². The van der Waals surface area contributed by atoms with E-state index in [1.807, 2.05) is 45.3 Å². The highest BCUT2D eigenvalue weighted by Gasteiger charge is 2.34. The quantitative estimate of drug-likeness (QED) is 0.167. The smallest absolute Gasteiger partial charge is 0.0541 e. The molecule has 24 aromatic carbocycles. The van der Waals surface area contributed by atoms with E-state index in [1.54, 1.807) is 0 Å². The van der Waals surface area contributed by atoms with Gasteiger partial charge < -0.3 is 18.3 Å². The normalized spacial score (nSPS) is 12.4. The number of nitrogens with zero attached hydrogens (tertiary/aromatic N) is 4. The molecule has 0 atom stereocenters. The van der Waals surface area contributed by atoms with Crippen LogP contribution in [0.3, 0.4) is 0 Å². The lowest BCUT2D eigenvalue weighted by atomic mass is 9.98. The largest absolute Gasteiger partial charge is 0.309 e. The lowest BCUT2D eigenvalue weighted by molar-refractivity contribution is 1.20. The Morgan fingerprint density at radius 1 is 0.111 bits per heavy atom. The standard InChI is InChI=1S/4C34H19NS/c1-4-13-27-20(8-1)21-9-2-5-14-28(21)35(27)29-18-16-22-23-17-19-31-34(25-10-3-6-15-30(25)36-31)33(23)26-12-7-11-24(29)32(22)26;1-4-13-27-20(8-1)21-9-2-5-14-28(21)35(27)29-18-16-26-32-22(11-7-12-24(29)32)23-17-19-31-34(33(23)26)25-10-3-6-15-30(25)36-31;1-4-13-28-20(8-1)21-9-2-5-14-29(21)35(28)30-19-18-23-24-16-17-25-22-10-3-6-15-31(22)36-34(25)33(24)27-12-7-11-26(30)32(23)27;1-4-13-28-20(8-1)21-9-2-5-14-29(21)35(28)30-19-18-27-32-23(11-7-12-26(30)32)24-16-17-25-22-10-3-6-15-31(22)36-34(25)33(24)27/h4*1-19H. The molecule has 8 aromatic heterocycles. The van der Waals surface area contributed by atoms with Crippen LogP contribution in [0, 0.1) is 0 Å². The van der Waals surface area contributed by atoms with Gasteiger partial charge in [0.2, 0.25) is 0 Å². The fraction of sp³-hybridized carbons (Fsp3) is 0. The predicted octanol–water partition coefficient (Wildman–Crippen LogP) is 39.8. The van der Waals surface area contributed by atoms with Crippen LogP contribution in [-0.4, -0.2) is 18.3 Å². The summed E-state index contributed by atoms with van der Waals surface area (Å²) in [6.07, 6.45) is 0. The lowest BCUT2D eigenvalue weighted by Crippen LogP contribution is -1.95. The molecule has 0 N–H and O–H groups in total. The number of hydrogen-bond acceptors (Lipinski definition) is 4. The lowest BCUT2D eigenvalue weighted by Gasteiger charge is -2.13. The number of para-hydroxylation sites is 8. The Labute approximate surface area is 840 Å². The molecule has 0 unspecified atom stereocenters. The Morgan fingerprint density at radius 3 is 0.632 bits per heavy atom. The zero-order valence-corrected chi connectivity index (χ0v) is 80.6. The monoisotopic (exact) mass is 1890 g/mol. The van der Waals surface area contributed by atoms with E-state index in [-0.39, 0.29) is 0 Å². The molecule has 4 nitrogen and oxygen atoms in total. The molecule has 32 aromatic rings. The number of benzene rings is 24. The van der Waals surface area contributed by atoms with Crippen LogP contribution >= 0.6 is 45.3 Å². The predicted molar refractivity (Wildman–Crippen MR) is 622 cm³/mol. The van der Waals surface area contributed by atoms with Crippen molar-refractivity contribution in [1.29, 1.82) is 0 Å². The highest BCUT2D eigenvalue weighted by Crippen LogP contribution is 2.61. The van der Waals surface area contributed by atoms with Gasteiger partial charge in [-0.15, -0.1) is 45.3 Å². The van der Waals surface area contributed by atoms with Gasteiger partial charge in [0, 0.05) is 156 Å². The second-order valence-electron chi connectivity index (χ2n) is 38.8. The van der Waals surface area contributed by atoms with E-state index < -0.39 is 0 Å². The molecular weight excluding hydrogens is 1820 g/mol. The van der Waals surface area contributed by atoms with Crippen molar-refractivity contribution in [3.63, 3.8) is 0 Å². The molecule has 0 fully saturated rings. The topological polar surface area (TPSA) is 19.7 Å². The summed E-state index contributed by atoms with van der Waals surface area (Å²) in [6, 6.07) is 170. The molecule has 36 rings (SSSR count). The van der Waals surface area contributed by atoms with Gasteiger partial charge in [-0.1, -0.05) is 352 Å².